The zero-order valence-electron chi connectivity index (χ0n) is 6.94. The van der Waals surface area contributed by atoms with Crippen molar-refractivity contribution in [2.75, 3.05) is 5.88 Å². The standard InChI is InChI=1S/C9H17Cl/c1-9(2)7-5-3-4-6-8-10/h3-4,9H,5-8H2,1-2H3. The van der Waals surface area contributed by atoms with Crippen molar-refractivity contribution in [3.05, 3.63) is 12.2 Å². The molecule has 10 heavy (non-hydrogen) atoms. The zero-order chi connectivity index (χ0) is 7.82. The number of allylic oxidation sites excluding steroid dienone is 2. The van der Waals surface area contributed by atoms with Crippen LogP contribution in [0, 0.1) is 5.92 Å². The van der Waals surface area contributed by atoms with Crippen LogP contribution >= 0.6 is 11.6 Å². The van der Waals surface area contributed by atoms with Crippen LogP contribution in [0.1, 0.15) is 33.1 Å². The molecule has 0 aromatic rings. The van der Waals surface area contributed by atoms with Crippen LogP contribution in [-0.4, -0.2) is 5.88 Å². The molecule has 0 aromatic heterocycles. The predicted octanol–water partition coefficient (Wildman–Crippen LogP) is 3.61. The van der Waals surface area contributed by atoms with Crippen molar-refractivity contribution in [2.45, 2.75) is 33.1 Å². The molecule has 0 radical (unpaired) electrons. The molecule has 0 fully saturated rings. The van der Waals surface area contributed by atoms with Crippen LogP contribution in [0.4, 0.5) is 0 Å². The van der Waals surface area contributed by atoms with Gasteiger partial charge in [0, 0.05) is 5.88 Å². The summed E-state index contributed by atoms with van der Waals surface area (Å²) in [5, 5.41) is 0. The van der Waals surface area contributed by atoms with Gasteiger partial charge in [0.2, 0.25) is 0 Å². The summed E-state index contributed by atoms with van der Waals surface area (Å²) in [6.45, 7) is 4.49. The fraction of sp³-hybridized carbons (Fsp3) is 0.778. The van der Waals surface area contributed by atoms with Gasteiger partial charge in [0.25, 0.3) is 0 Å². The lowest BCUT2D eigenvalue weighted by molar-refractivity contribution is 0.594. The largest absolute Gasteiger partial charge is 0.126 e. The Hall–Kier alpha value is 0.0300. The molecular formula is C9H17Cl. The first kappa shape index (κ1) is 10.0. The van der Waals surface area contributed by atoms with Crippen molar-refractivity contribution in [3.8, 4) is 0 Å². The molecule has 0 aliphatic carbocycles. The zero-order valence-corrected chi connectivity index (χ0v) is 7.69. The third-order valence-electron chi connectivity index (χ3n) is 1.35. The van der Waals surface area contributed by atoms with E-state index in [1.54, 1.807) is 0 Å². The first-order chi connectivity index (χ1) is 4.77. The molecule has 0 spiro atoms. The summed E-state index contributed by atoms with van der Waals surface area (Å²) >= 11 is 5.49. The van der Waals surface area contributed by atoms with E-state index in [0.29, 0.717) is 0 Å². The summed E-state index contributed by atoms with van der Waals surface area (Å²) in [4.78, 5) is 0. The number of hydrogen-bond donors (Lipinski definition) is 0. The molecule has 0 heterocycles. The Kier molecular flexibility index (Phi) is 7.16. The normalized spacial score (nSPS) is 11.6. The fourth-order valence-electron chi connectivity index (χ4n) is 0.728. The van der Waals surface area contributed by atoms with E-state index in [0.717, 1.165) is 18.2 Å². The maximum Gasteiger partial charge on any atom is 0.0257 e. The van der Waals surface area contributed by atoms with Gasteiger partial charge in [0.05, 0.1) is 0 Å². The van der Waals surface area contributed by atoms with Crippen molar-refractivity contribution in [1.82, 2.24) is 0 Å². The summed E-state index contributed by atoms with van der Waals surface area (Å²) in [6.07, 6.45) is 7.89. The van der Waals surface area contributed by atoms with E-state index in [9.17, 15) is 0 Å². The Balaban J connectivity index is 3.02. The lowest BCUT2D eigenvalue weighted by Crippen LogP contribution is -1.83. The van der Waals surface area contributed by atoms with Crippen molar-refractivity contribution in [1.29, 1.82) is 0 Å². The molecular weight excluding hydrogens is 144 g/mol. The molecule has 0 aromatic carbocycles. The maximum absolute atomic E-state index is 5.49. The molecule has 0 rings (SSSR count). The lowest BCUT2D eigenvalue weighted by Gasteiger charge is -1.98. The summed E-state index contributed by atoms with van der Waals surface area (Å²) < 4.78 is 0. The summed E-state index contributed by atoms with van der Waals surface area (Å²) in [5.41, 5.74) is 0. The van der Waals surface area contributed by atoms with E-state index in [2.05, 4.69) is 26.0 Å². The fourth-order valence-corrected chi connectivity index (χ4v) is 0.854. The minimum absolute atomic E-state index is 0.748. The Morgan fingerprint density at radius 1 is 1.20 bits per heavy atom. The summed E-state index contributed by atoms with van der Waals surface area (Å²) in [5.74, 6) is 1.57. The van der Waals surface area contributed by atoms with Gasteiger partial charge < -0.3 is 0 Å². The van der Waals surface area contributed by atoms with E-state index < -0.39 is 0 Å². The van der Waals surface area contributed by atoms with Crippen molar-refractivity contribution >= 4 is 11.6 Å². The molecule has 60 valence electrons. The molecule has 0 unspecified atom stereocenters. The van der Waals surface area contributed by atoms with E-state index in [1.807, 2.05) is 0 Å². The first-order valence-electron chi connectivity index (χ1n) is 3.98. The topological polar surface area (TPSA) is 0 Å². The predicted molar refractivity (Wildman–Crippen MR) is 48.5 cm³/mol. The average Bonchev–Trinajstić information content (AvgIpc) is 1.87. The van der Waals surface area contributed by atoms with E-state index >= 15 is 0 Å². The summed E-state index contributed by atoms with van der Waals surface area (Å²) in [6, 6.07) is 0. The Morgan fingerprint density at radius 2 is 1.80 bits per heavy atom. The van der Waals surface area contributed by atoms with E-state index in [4.69, 9.17) is 11.6 Å². The number of hydrogen-bond acceptors (Lipinski definition) is 0. The van der Waals surface area contributed by atoms with E-state index in [-0.39, 0.29) is 0 Å². The maximum atomic E-state index is 5.49. The van der Waals surface area contributed by atoms with Gasteiger partial charge in [-0.3, -0.25) is 0 Å². The molecule has 0 atom stereocenters. The van der Waals surface area contributed by atoms with E-state index in [1.165, 1.54) is 12.8 Å². The summed E-state index contributed by atoms with van der Waals surface area (Å²) in [7, 11) is 0. The van der Waals surface area contributed by atoms with Crippen LogP contribution in [0.25, 0.3) is 0 Å². The molecule has 0 bridgehead atoms. The second-order valence-electron chi connectivity index (χ2n) is 2.92. The number of alkyl halides is 1. The van der Waals surface area contributed by atoms with Gasteiger partial charge in [-0.25, -0.2) is 0 Å². The monoisotopic (exact) mass is 160 g/mol. The highest BCUT2D eigenvalue weighted by Gasteiger charge is 1.88. The van der Waals surface area contributed by atoms with Gasteiger partial charge in [-0.05, 0) is 25.2 Å². The molecule has 0 aliphatic rings. The van der Waals surface area contributed by atoms with Crippen LogP contribution in [0.15, 0.2) is 12.2 Å². The van der Waals surface area contributed by atoms with Crippen molar-refractivity contribution < 1.29 is 0 Å². The van der Waals surface area contributed by atoms with Crippen LogP contribution in [0.3, 0.4) is 0 Å². The average molecular weight is 161 g/mol. The third kappa shape index (κ3) is 8.03. The third-order valence-corrected chi connectivity index (χ3v) is 1.57. The van der Waals surface area contributed by atoms with Gasteiger partial charge in [-0.15, -0.1) is 11.6 Å². The van der Waals surface area contributed by atoms with Gasteiger partial charge in [0.1, 0.15) is 0 Å². The Morgan fingerprint density at radius 3 is 2.30 bits per heavy atom. The quantitative estimate of drug-likeness (QED) is 0.426. The van der Waals surface area contributed by atoms with Gasteiger partial charge in [-0.2, -0.15) is 0 Å². The SMILES string of the molecule is CC(C)CCC=CCCCl. The minimum atomic E-state index is 0.748. The highest BCUT2D eigenvalue weighted by Crippen LogP contribution is 2.03. The van der Waals surface area contributed by atoms with Crippen LogP contribution in [0.2, 0.25) is 0 Å². The second-order valence-corrected chi connectivity index (χ2v) is 3.30. The van der Waals surface area contributed by atoms with Crippen molar-refractivity contribution in [2.24, 2.45) is 5.92 Å². The molecule has 0 amide bonds. The number of rotatable bonds is 5. The lowest BCUT2D eigenvalue weighted by atomic mass is 10.1. The molecule has 0 saturated carbocycles. The first-order valence-corrected chi connectivity index (χ1v) is 4.51. The highest BCUT2D eigenvalue weighted by molar-refractivity contribution is 6.17. The van der Waals surface area contributed by atoms with Crippen molar-refractivity contribution in [3.63, 3.8) is 0 Å². The molecule has 1 heteroatoms. The Bertz CT molecular complexity index is 84.7. The molecule has 0 aliphatic heterocycles. The van der Waals surface area contributed by atoms with Crippen LogP contribution < -0.4 is 0 Å². The molecule has 0 N–H and O–H groups in total. The van der Waals surface area contributed by atoms with Crippen LogP contribution in [-0.2, 0) is 0 Å². The van der Waals surface area contributed by atoms with Gasteiger partial charge in [-0.1, -0.05) is 26.0 Å². The minimum Gasteiger partial charge on any atom is -0.126 e. The molecule has 0 nitrogen and oxygen atoms in total. The smallest absolute Gasteiger partial charge is 0.0257 e. The van der Waals surface area contributed by atoms with Gasteiger partial charge in [0.15, 0.2) is 0 Å². The van der Waals surface area contributed by atoms with Crippen LogP contribution in [0.5, 0.6) is 0 Å². The Labute approximate surface area is 69.3 Å². The van der Waals surface area contributed by atoms with Gasteiger partial charge >= 0.3 is 0 Å². The second kappa shape index (κ2) is 7.14. The highest BCUT2D eigenvalue weighted by atomic mass is 35.5. The molecule has 0 saturated heterocycles. The number of halogens is 1.